The Hall–Kier alpha value is -2.86. The molecule has 0 bridgehead atoms. The minimum Gasteiger partial charge on any atom is -0.378 e. The third-order valence-corrected chi connectivity index (χ3v) is 6.08. The van der Waals surface area contributed by atoms with Gasteiger partial charge in [-0.15, -0.1) is 0 Å². The summed E-state index contributed by atoms with van der Waals surface area (Å²) in [7, 11) is 0. The maximum Gasteiger partial charge on any atom is 0.315 e. The number of ether oxygens (including phenoxy) is 1. The highest BCUT2D eigenvalue weighted by molar-refractivity contribution is 5.85. The van der Waals surface area contributed by atoms with Gasteiger partial charge in [0.25, 0.3) is 0 Å². The van der Waals surface area contributed by atoms with E-state index in [1.807, 2.05) is 47.4 Å². The van der Waals surface area contributed by atoms with Crippen LogP contribution in [0.1, 0.15) is 35.6 Å². The molecule has 2 aliphatic rings. The molecule has 1 saturated heterocycles. The van der Waals surface area contributed by atoms with Gasteiger partial charge in [-0.2, -0.15) is 0 Å². The summed E-state index contributed by atoms with van der Waals surface area (Å²) in [6.45, 7) is 4.70. The van der Waals surface area contributed by atoms with E-state index in [0.717, 1.165) is 12.0 Å². The lowest BCUT2D eigenvalue weighted by atomic mass is 9.97. The van der Waals surface area contributed by atoms with Crippen LogP contribution in [0.25, 0.3) is 0 Å². The maximum atomic E-state index is 13.2. The Morgan fingerprint density at radius 3 is 2.53 bits per heavy atom. The Labute approximate surface area is 177 Å². The van der Waals surface area contributed by atoms with Crippen LogP contribution in [0.3, 0.4) is 0 Å². The molecule has 158 valence electrons. The van der Waals surface area contributed by atoms with Crippen LogP contribution in [-0.4, -0.2) is 49.7 Å². The molecule has 0 saturated carbocycles. The first kappa shape index (κ1) is 20.4. The number of fused-ring (bicyclic) bond motifs is 1. The molecule has 0 aromatic heterocycles. The highest BCUT2D eigenvalue weighted by Gasteiger charge is 2.31. The number of amides is 3. The van der Waals surface area contributed by atoms with Gasteiger partial charge in [0.05, 0.1) is 25.2 Å². The Morgan fingerprint density at radius 2 is 1.77 bits per heavy atom. The fraction of sp³-hybridized carbons (Fsp3) is 0.417. The second-order valence-electron chi connectivity index (χ2n) is 8.11. The first-order valence-electron chi connectivity index (χ1n) is 10.7. The number of nitrogens with zero attached hydrogens (tertiary/aromatic N) is 1. The molecule has 3 amide bonds. The fourth-order valence-electron chi connectivity index (χ4n) is 4.44. The third-order valence-electron chi connectivity index (χ3n) is 6.08. The summed E-state index contributed by atoms with van der Waals surface area (Å²) >= 11 is 0. The highest BCUT2D eigenvalue weighted by Crippen LogP contribution is 2.35. The van der Waals surface area contributed by atoms with Gasteiger partial charge in [-0.1, -0.05) is 61.5 Å². The normalized spacial score (nSPS) is 21.6. The Bertz CT molecular complexity index is 880. The summed E-state index contributed by atoms with van der Waals surface area (Å²) in [6, 6.07) is 17.7. The minimum atomic E-state index is -0.414. The number of carbonyl (C=O) groups is 2. The Balaban J connectivity index is 1.42. The molecule has 6 nitrogen and oxygen atoms in total. The average molecular weight is 408 g/mol. The molecule has 2 N–H and O–H groups in total. The molecule has 0 radical (unpaired) electrons. The zero-order chi connectivity index (χ0) is 20.9. The number of morpholine rings is 1. The molecule has 1 fully saturated rings. The third kappa shape index (κ3) is 4.49. The number of hydrogen-bond donors (Lipinski definition) is 2. The molecule has 3 unspecified atom stereocenters. The van der Waals surface area contributed by atoms with Gasteiger partial charge in [0.15, 0.2) is 0 Å². The lowest BCUT2D eigenvalue weighted by molar-refractivity contribution is -0.136. The first-order chi connectivity index (χ1) is 14.6. The fourth-order valence-corrected chi connectivity index (χ4v) is 4.44. The number of urea groups is 1. The van der Waals surface area contributed by atoms with Gasteiger partial charge in [0.1, 0.15) is 0 Å². The van der Waals surface area contributed by atoms with Gasteiger partial charge >= 0.3 is 6.03 Å². The van der Waals surface area contributed by atoms with Gasteiger partial charge in [0, 0.05) is 19.6 Å². The van der Waals surface area contributed by atoms with Crippen molar-refractivity contribution in [3.8, 4) is 0 Å². The Kier molecular flexibility index (Phi) is 6.33. The minimum absolute atomic E-state index is 0.00804. The van der Waals surface area contributed by atoms with Crippen molar-refractivity contribution < 1.29 is 14.3 Å². The molecular weight excluding hydrogens is 378 g/mol. The predicted molar refractivity (Wildman–Crippen MR) is 115 cm³/mol. The van der Waals surface area contributed by atoms with Gasteiger partial charge in [0.2, 0.25) is 5.91 Å². The van der Waals surface area contributed by atoms with Crippen molar-refractivity contribution in [2.24, 2.45) is 5.92 Å². The summed E-state index contributed by atoms with van der Waals surface area (Å²) in [4.78, 5) is 27.7. The summed E-state index contributed by atoms with van der Waals surface area (Å²) in [5, 5.41) is 6.07. The standard InChI is InChI=1S/C24H29N3O3/c1-17-15-19-9-5-6-10-20(19)22(17)26-24(29)25-16-21(18-7-3-2-4-8-18)23(28)27-11-13-30-14-12-27/h2-10,17,21-22H,11-16H2,1H3,(H2,25,26,29). The van der Waals surface area contributed by atoms with Gasteiger partial charge < -0.3 is 20.3 Å². The van der Waals surface area contributed by atoms with Crippen molar-refractivity contribution in [2.75, 3.05) is 32.8 Å². The van der Waals surface area contributed by atoms with Gasteiger partial charge in [-0.25, -0.2) is 4.79 Å². The molecule has 30 heavy (non-hydrogen) atoms. The number of rotatable bonds is 5. The topological polar surface area (TPSA) is 70.7 Å². The smallest absolute Gasteiger partial charge is 0.315 e. The van der Waals surface area contributed by atoms with E-state index in [2.05, 4.69) is 29.7 Å². The van der Waals surface area contributed by atoms with Crippen LogP contribution in [0.2, 0.25) is 0 Å². The van der Waals surface area contributed by atoms with Crippen molar-refractivity contribution in [1.82, 2.24) is 15.5 Å². The molecule has 0 spiro atoms. The van der Waals surface area contributed by atoms with Crippen molar-refractivity contribution in [1.29, 1.82) is 0 Å². The summed E-state index contributed by atoms with van der Waals surface area (Å²) < 4.78 is 5.37. The zero-order valence-corrected chi connectivity index (χ0v) is 17.3. The lowest BCUT2D eigenvalue weighted by Gasteiger charge is -2.31. The van der Waals surface area contributed by atoms with E-state index in [4.69, 9.17) is 4.74 Å². The highest BCUT2D eigenvalue weighted by atomic mass is 16.5. The molecular formula is C24H29N3O3. The van der Waals surface area contributed by atoms with Crippen LogP contribution in [0.5, 0.6) is 0 Å². The first-order valence-corrected chi connectivity index (χ1v) is 10.7. The summed E-state index contributed by atoms with van der Waals surface area (Å²) in [5.41, 5.74) is 3.39. The van der Waals surface area contributed by atoms with Crippen LogP contribution in [-0.2, 0) is 16.0 Å². The van der Waals surface area contributed by atoms with Crippen molar-refractivity contribution in [3.05, 3.63) is 71.3 Å². The van der Waals surface area contributed by atoms with Gasteiger partial charge in [-0.3, -0.25) is 4.79 Å². The Morgan fingerprint density at radius 1 is 1.07 bits per heavy atom. The molecule has 3 atom stereocenters. The molecule has 1 aliphatic carbocycles. The number of carbonyl (C=O) groups excluding carboxylic acids is 2. The van der Waals surface area contributed by atoms with E-state index in [1.54, 1.807) is 0 Å². The van der Waals surface area contributed by atoms with Gasteiger partial charge in [-0.05, 0) is 29.0 Å². The zero-order valence-electron chi connectivity index (χ0n) is 17.3. The largest absolute Gasteiger partial charge is 0.378 e. The SMILES string of the molecule is CC1Cc2ccccc2C1NC(=O)NCC(C(=O)N1CCOCC1)c1ccccc1. The molecule has 1 aliphatic heterocycles. The monoisotopic (exact) mass is 407 g/mol. The average Bonchev–Trinajstić information content (AvgIpc) is 3.10. The van der Waals surface area contributed by atoms with Crippen LogP contribution >= 0.6 is 0 Å². The molecule has 1 heterocycles. The summed E-state index contributed by atoms with van der Waals surface area (Å²) in [5.74, 6) is -0.0410. The van der Waals surface area contributed by atoms with E-state index in [9.17, 15) is 9.59 Å². The molecule has 2 aromatic carbocycles. The quantitative estimate of drug-likeness (QED) is 0.801. The second kappa shape index (κ2) is 9.30. The van der Waals surface area contributed by atoms with Crippen molar-refractivity contribution in [2.45, 2.75) is 25.3 Å². The molecule has 2 aromatic rings. The van der Waals surface area contributed by atoms with Crippen LogP contribution < -0.4 is 10.6 Å². The number of benzene rings is 2. The molecule has 6 heteroatoms. The van der Waals surface area contributed by atoms with E-state index in [-0.39, 0.29) is 24.5 Å². The number of nitrogens with one attached hydrogen (secondary N) is 2. The van der Waals surface area contributed by atoms with Crippen molar-refractivity contribution in [3.63, 3.8) is 0 Å². The summed E-state index contributed by atoms with van der Waals surface area (Å²) in [6.07, 6.45) is 0.962. The van der Waals surface area contributed by atoms with Crippen LogP contribution in [0.15, 0.2) is 54.6 Å². The van der Waals surface area contributed by atoms with Crippen molar-refractivity contribution >= 4 is 11.9 Å². The lowest BCUT2D eigenvalue weighted by Crippen LogP contribution is -2.47. The van der Waals surface area contributed by atoms with Crippen LogP contribution in [0.4, 0.5) is 4.79 Å². The maximum absolute atomic E-state index is 13.2. The second-order valence-corrected chi connectivity index (χ2v) is 8.11. The molecule has 4 rings (SSSR count). The predicted octanol–water partition coefficient (Wildman–Crippen LogP) is 2.86. The van der Waals surface area contributed by atoms with E-state index < -0.39 is 5.92 Å². The van der Waals surface area contributed by atoms with Crippen LogP contribution in [0, 0.1) is 5.92 Å². The van der Waals surface area contributed by atoms with E-state index >= 15 is 0 Å². The van der Waals surface area contributed by atoms with E-state index in [1.165, 1.54) is 11.1 Å². The number of hydrogen-bond acceptors (Lipinski definition) is 3. The van der Waals surface area contributed by atoms with E-state index in [0.29, 0.717) is 32.2 Å².